The number of nitrogens with one attached hydrogen (secondary N) is 1. The van der Waals surface area contributed by atoms with Gasteiger partial charge in [-0.05, 0) is 32.0 Å². The molecule has 1 N–H and O–H groups in total. The first-order chi connectivity index (χ1) is 12.6. The Morgan fingerprint density at radius 2 is 1.81 bits per heavy atom. The van der Waals surface area contributed by atoms with Gasteiger partial charge in [-0.2, -0.15) is 0 Å². The Morgan fingerprint density at radius 1 is 1.08 bits per heavy atom. The van der Waals surface area contributed by atoms with Crippen molar-refractivity contribution in [2.24, 2.45) is 0 Å². The summed E-state index contributed by atoms with van der Waals surface area (Å²) in [6.07, 6.45) is 0. The molecule has 0 bridgehead atoms. The Hall–Kier alpha value is -3.28. The van der Waals surface area contributed by atoms with Crippen LogP contribution in [0.1, 0.15) is 23.0 Å². The van der Waals surface area contributed by atoms with Gasteiger partial charge in [0, 0.05) is 10.9 Å². The molecular formula is C20H19NO5. The number of carbonyl (C=O) groups excluding carboxylic acids is 2. The molecule has 1 amide bonds. The number of benzene rings is 2. The largest absolute Gasteiger partial charge is 0.492 e. The lowest BCUT2D eigenvalue weighted by Crippen LogP contribution is -2.21. The topological polar surface area (TPSA) is 77.8 Å². The number of hydrogen-bond acceptors (Lipinski definition) is 5. The van der Waals surface area contributed by atoms with Gasteiger partial charge in [0.2, 0.25) is 5.76 Å². The summed E-state index contributed by atoms with van der Waals surface area (Å²) in [4.78, 5) is 24.3. The van der Waals surface area contributed by atoms with Crippen molar-refractivity contribution in [3.05, 3.63) is 59.9 Å². The van der Waals surface area contributed by atoms with E-state index in [1.807, 2.05) is 31.2 Å². The number of anilines is 1. The van der Waals surface area contributed by atoms with E-state index in [1.54, 1.807) is 31.2 Å². The minimum absolute atomic E-state index is 0.105. The second-order valence-electron chi connectivity index (χ2n) is 5.61. The van der Waals surface area contributed by atoms with E-state index in [0.717, 1.165) is 5.39 Å². The summed E-state index contributed by atoms with van der Waals surface area (Å²) >= 11 is 0. The van der Waals surface area contributed by atoms with E-state index in [0.29, 0.717) is 29.2 Å². The third kappa shape index (κ3) is 3.69. The fraction of sp³-hybridized carbons (Fsp3) is 0.200. The van der Waals surface area contributed by atoms with E-state index in [9.17, 15) is 9.59 Å². The lowest BCUT2D eigenvalue weighted by molar-refractivity contribution is -0.119. The van der Waals surface area contributed by atoms with Crippen LogP contribution in [0.5, 0.6) is 5.75 Å². The maximum absolute atomic E-state index is 12.2. The molecule has 0 aliphatic heterocycles. The zero-order chi connectivity index (χ0) is 18.5. The standard InChI is InChI=1S/C20H19NO5/c1-3-24-17-11-7-5-9-15(17)21-18(22)12-25-20(23)19-13(2)14-8-4-6-10-16(14)26-19/h4-11H,3,12H2,1-2H3,(H,21,22). The van der Waals surface area contributed by atoms with E-state index in [2.05, 4.69) is 5.32 Å². The second kappa shape index (κ2) is 7.74. The number of hydrogen-bond donors (Lipinski definition) is 1. The maximum Gasteiger partial charge on any atom is 0.375 e. The molecule has 0 unspecified atom stereocenters. The summed E-state index contributed by atoms with van der Waals surface area (Å²) in [6.45, 7) is 3.69. The van der Waals surface area contributed by atoms with Crippen molar-refractivity contribution >= 4 is 28.5 Å². The van der Waals surface area contributed by atoms with E-state index in [1.165, 1.54) is 0 Å². The molecule has 0 saturated heterocycles. The third-order valence-electron chi connectivity index (χ3n) is 3.82. The van der Waals surface area contributed by atoms with Gasteiger partial charge in [-0.25, -0.2) is 4.79 Å². The number of amides is 1. The van der Waals surface area contributed by atoms with Gasteiger partial charge in [0.1, 0.15) is 11.3 Å². The molecule has 0 atom stereocenters. The van der Waals surface area contributed by atoms with Gasteiger partial charge in [-0.3, -0.25) is 4.79 Å². The average Bonchev–Trinajstić information content (AvgIpc) is 2.99. The summed E-state index contributed by atoms with van der Waals surface area (Å²) in [5, 5.41) is 3.51. The van der Waals surface area contributed by atoms with E-state index < -0.39 is 18.5 Å². The molecule has 6 heteroatoms. The Balaban J connectivity index is 1.64. The van der Waals surface area contributed by atoms with Crippen LogP contribution in [0.4, 0.5) is 5.69 Å². The number of fused-ring (bicyclic) bond motifs is 1. The molecule has 0 radical (unpaired) electrons. The molecule has 6 nitrogen and oxygen atoms in total. The molecule has 3 aromatic rings. The smallest absolute Gasteiger partial charge is 0.375 e. The zero-order valence-electron chi connectivity index (χ0n) is 14.6. The van der Waals surface area contributed by atoms with Crippen LogP contribution in [0, 0.1) is 6.92 Å². The van der Waals surface area contributed by atoms with Gasteiger partial charge in [-0.15, -0.1) is 0 Å². The van der Waals surface area contributed by atoms with Crippen molar-refractivity contribution in [3.63, 3.8) is 0 Å². The summed E-state index contributed by atoms with van der Waals surface area (Å²) in [5.41, 5.74) is 1.81. The third-order valence-corrected chi connectivity index (χ3v) is 3.82. The number of ether oxygens (including phenoxy) is 2. The molecule has 1 aromatic heterocycles. The lowest BCUT2D eigenvalue weighted by atomic mass is 10.1. The minimum atomic E-state index is -0.674. The highest BCUT2D eigenvalue weighted by Crippen LogP contribution is 2.26. The van der Waals surface area contributed by atoms with E-state index >= 15 is 0 Å². The molecule has 26 heavy (non-hydrogen) atoms. The van der Waals surface area contributed by atoms with Crippen LogP contribution in [0.2, 0.25) is 0 Å². The van der Waals surface area contributed by atoms with Crippen LogP contribution in [-0.2, 0) is 9.53 Å². The summed E-state index contributed by atoms with van der Waals surface area (Å²) < 4.78 is 16.1. The van der Waals surface area contributed by atoms with Gasteiger partial charge < -0.3 is 19.2 Å². The fourth-order valence-corrected chi connectivity index (χ4v) is 2.60. The fourth-order valence-electron chi connectivity index (χ4n) is 2.60. The molecule has 0 aliphatic rings. The van der Waals surface area contributed by atoms with E-state index in [4.69, 9.17) is 13.9 Å². The first kappa shape index (κ1) is 17.5. The summed E-state index contributed by atoms with van der Waals surface area (Å²) in [7, 11) is 0. The number of rotatable bonds is 6. The molecule has 1 heterocycles. The number of aryl methyl sites for hydroxylation is 1. The maximum atomic E-state index is 12.2. The molecule has 0 spiro atoms. The summed E-state index contributed by atoms with van der Waals surface area (Å²) in [5.74, 6) is -0.470. The Morgan fingerprint density at radius 3 is 2.58 bits per heavy atom. The Labute approximate surface area is 150 Å². The highest BCUT2D eigenvalue weighted by atomic mass is 16.5. The van der Waals surface area contributed by atoms with Gasteiger partial charge in [0.05, 0.1) is 12.3 Å². The van der Waals surface area contributed by atoms with Gasteiger partial charge in [0.25, 0.3) is 5.91 Å². The molecule has 0 aliphatic carbocycles. The molecule has 0 saturated carbocycles. The molecule has 134 valence electrons. The molecule has 0 fully saturated rings. The van der Waals surface area contributed by atoms with Crippen LogP contribution in [-0.4, -0.2) is 25.1 Å². The Bertz CT molecular complexity index is 944. The average molecular weight is 353 g/mol. The first-order valence-corrected chi connectivity index (χ1v) is 8.27. The van der Waals surface area contributed by atoms with Crippen LogP contribution in [0.15, 0.2) is 52.9 Å². The van der Waals surface area contributed by atoms with Crippen LogP contribution >= 0.6 is 0 Å². The first-order valence-electron chi connectivity index (χ1n) is 8.27. The molecule has 2 aromatic carbocycles. The lowest BCUT2D eigenvalue weighted by Gasteiger charge is -2.11. The molecular weight excluding hydrogens is 334 g/mol. The normalized spacial score (nSPS) is 10.5. The number of carbonyl (C=O) groups is 2. The van der Waals surface area contributed by atoms with E-state index in [-0.39, 0.29) is 5.76 Å². The number of furan rings is 1. The Kier molecular flexibility index (Phi) is 5.22. The van der Waals surface area contributed by atoms with Crippen LogP contribution in [0.3, 0.4) is 0 Å². The monoisotopic (exact) mass is 353 g/mol. The van der Waals surface area contributed by atoms with Crippen molar-refractivity contribution < 1.29 is 23.5 Å². The quantitative estimate of drug-likeness (QED) is 0.679. The zero-order valence-corrected chi connectivity index (χ0v) is 14.6. The van der Waals surface area contributed by atoms with Gasteiger partial charge in [-0.1, -0.05) is 30.3 Å². The van der Waals surface area contributed by atoms with Crippen molar-refractivity contribution in [1.82, 2.24) is 0 Å². The molecule has 3 rings (SSSR count). The predicted molar refractivity (Wildman–Crippen MR) is 97.5 cm³/mol. The van der Waals surface area contributed by atoms with Crippen molar-refractivity contribution in [3.8, 4) is 5.75 Å². The number of esters is 1. The minimum Gasteiger partial charge on any atom is -0.492 e. The van der Waals surface area contributed by atoms with Crippen molar-refractivity contribution in [2.45, 2.75) is 13.8 Å². The van der Waals surface area contributed by atoms with Crippen LogP contribution < -0.4 is 10.1 Å². The second-order valence-corrected chi connectivity index (χ2v) is 5.61. The van der Waals surface area contributed by atoms with Crippen molar-refractivity contribution in [1.29, 1.82) is 0 Å². The van der Waals surface area contributed by atoms with Gasteiger partial charge >= 0.3 is 5.97 Å². The number of para-hydroxylation sites is 3. The van der Waals surface area contributed by atoms with Crippen molar-refractivity contribution in [2.75, 3.05) is 18.5 Å². The highest BCUT2D eigenvalue weighted by molar-refractivity contribution is 5.98. The van der Waals surface area contributed by atoms with Gasteiger partial charge in [0.15, 0.2) is 6.61 Å². The SMILES string of the molecule is CCOc1ccccc1NC(=O)COC(=O)c1oc2ccccc2c1C. The highest BCUT2D eigenvalue weighted by Gasteiger charge is 2.20. The summed E-state index contributed by atoms with van der Waals surface area (Å²) in [6, 6.07) is 14.4. The predicted octanol–water partition coefficient (Wildman–Crippen LogP) is 3.94. The van der Waals surface area contributed by atoms with Crippen LogP contribution in [0.25, 0.3) is 11.0 Å².